The number of aliphatic hydroxyl groups excluding tert-OH is 1. The first kappa shape index (κ1) is 27.2. The van der Waals surface area contributed by atoms with Crippen molar-refractivity contribution in [1.82, 2.24) is 24.7 Å². The van der Waals surface area contributed by atoms with Crippen LogP contribution < -0.4 is 23.8 Å². The lowest BCUT2D eigenvalue weighted by Crippen LogP contribution is -2.50. The lowest BCUT2D eigenvalue weighted by molar-refractivity contribution is 0.154. The van der Waals surface area contributed by atoms with E-state index < -0.39 is 21.4 Å². The van der Waals surface area contributed by atoms with Crippen molar-refractivity contribution in [2.45, 2.75) is 24.7 Å². The van der Waals surface area contributed by atoms with Crippen molar-refractivity contribution in [2.75, 3.05) is 44.0 Å². The van der Waals surface area contributed by atoms with Crippen LogP contribution in [0.2, 0.25) is 0 Å². The average molecular weight is 572 g/mol. The molecule has 0 aliphatic carbocycles. The molecular formula is C25H29N7O7S. The van der Waals surface area contributed by atoms with Gasteiger partial charge in [0.05, 0.1) is 27.4 Å². The quantitative estimate of drug-likeness (QED) is 0.300. The number of hydrogen-bond donors (Lipinski definition) is 2. The molecule has 0 amide bonds. The van der Waals surface area contributed by atoms with Crippen molar-refractivity contribution < 1.29 is 32.2 Å². The maximum absolute atomic E-state index is 13.8. The number of anilines is 2. The van der Waals surface area contributed by atoms with Crippen molar-refractivity contribution >= 4 is 21.9 Å². The highest BCUT2D eigenvalue weighted by molar-refractivity contribution is 7.93. The zero-order chi connectivity index (χ0) is 28.4. The maximum atomic E-state index is 13.8. The fourth-order valence-electron chi connectivity index (χ4n) is 4.55. The summed E-state index contributed by atoms with van der Waals surface area (Å²) in [5, 5.41) is 18.0. The monoisotopic (exact) mass is 571 g/mol. The summed E-state index contributed by atoms with van der Waals surface area (Å²) in [7, 11) is 0.314. The number of methoxy groups -OCH3 is 3. The van der Waals surface area contributed by atoms with Crippen molar-refractivity contribution in [1.29, 1.82) is 0 Å². The Morgan fingerprint density at radius 1 is 1.02 bits per heavy atom. The Labute approximate surface area is 230 Å². The van der Waals surface area contributed by atoms with Gasteiger partial charge >= 0.3 is 0 Å². The number of furan rings is 1. The molecule has 4 heterocycles. The number of rotatable bonds is 9. The number of ether oxygens (including phenoxy) is 3. The van der Waals surface area contributed by atoms with E-state index in [0.717, 1.165) is 0 Å². The summed E-state index contributed by atoms with van der Waals surface area (Å²) < 4.78 is 53.7. The third-order valence-electron chi connectivity index (χ3n) is 6.42. The summed E-state index contributed by atoms with van der Waals surface area (Å²) in [6.45, 7) is 1.97. The number of aromatic nitrogens is 5. The predicted octanol–water partition coefficient (Wildman–Crippen LogP) is 2.03. The van der Waals surface area contributed by atoms with Crippen molar-refractivity contribution in [3.63, 3.8) is 0 Å². The molecule has 1 aliphatic rings. The molecule has 1 saturated heterocycles. The van der Waals surface area contributed by atoms with Gasteiger partial charge in [0.1, 0.15) is 28.2 Å². The molecule has 0 saturated carbocycles. The highest BCUT2D eigenvalue weighted by atomic mass is 32.2. The van der Waals surface area contributed by atoms with Gasteiger partial charge < -0.3 is 28.6 Å². The van der Waals surface area contributed by atoms with Gasteiger partial charge in [-0.05, 0) is 37.6 Å². The van der Waals surface area contributed by atoms with Crippen LogP contribution in [0.5, 0.6) is 17.4 Å². The predicted molar refractivity (Wildman–Crippen MR) is 145 cm³/mol. The zero-order valence-corrected chi connectivity index (χ0v) is 23.1. The number of aryl methyl sites for hydroxylation is 1. The molecule has 40 heavy (non-hydrogen) atoms. The second kappa shape index (κ2) is 11.0. The van der Waals surface area contributed by atoms with Gasteiger partial charge in [-0.15, -0.1) is 10.2 Å². The first-order chi connectivity index (χ1) is 19.2. The van der Waals surface area contributed by atoms with Crippen LogP contribution in [0, 0.1) is 6.92 Å². The van der Waals surface area contributed by atoms with Crippen LogP contribution in [0.4, 0.5) is 11.9 Å². The van der Waals surface area contributed by atoms with Gasteiger partial charge in [0, 0.05) is 25.4 Å². The van der Waals surface area contributed by atoms with Crippen molar-refractivity contribution in [3.05, 3.63) is 48.4 Å². The Balaban J connectivity index is 1.55. The molecule has 0 spiro atoms. The minimum Gasteiger partial charge on any atom is -0.494 e. The van der Waals surface area contributed by atoms with Gasteiger partial charge in [-0.3, -0.25) is 9.29 Å². The van der Waals surface area contributed by atoms with Gasteiger partial charge in [0.25, 0.3) is 0 Å². The highest BCUT2D eigenvalue weighted by Gasteiger charge is 2.37. The van der Waals surface area contributed by atoms with Gasteiger partial charge in [-0.1, -0.05) is 6.07 Å². The molecule has 2 unspecified atom stereocenters. The fourth-order valence-corrected chi connectivity index (χ4v) is 5.96. The van der Waals surface area contributed by atoms with Gasteiger partial charge in [-0.25, -0.2) is 13.4 Å². The second-order valence-corrected chi connectivity index (χ2v) is 11.0. The summed E-state index contributed by atoms with van der Waals surface area (Å²) in [5.41, 5.74) is 0.370. The number of sulfonamides is 1. The van der Waals surface area contributed by atoms with E-state index >= 15 is 0 Å². The molecule has 2 N–H and O–H groups in total. The number of nitrogens with one attached hydrogen (secondary N) is 1. The minimum absolute atomic E-state index is 0.00778. The maximum Gasteiger partial charge on any atom is 0.243 e. The van der Waals surface area contributed by atoms with E-state index in [9.17, 15) is 13.5 Å². The van der Waals surface area contributed by atoms with E-state index in [1.54, 1.807) is 48.2 Å². The normalized spacial score (nSPS) is 17.5. The summed E-state index contributed by atoms with van der Waals surface area (Å²) in [6, 6.07) is 10.2. The van der Waals surface area contributed by atoms with Crippen LogP contribution >= 0.6 is 0 Å². The number of nitrogens with zero attached hydrogens (tertiary/aromatic N) is 6. The fraction of sp³-hybridized carbons (Fsp3) is 0.360. The molecule has 1 aromatic carbocycles. The van der Waals surface area contributed by atoms with Crippen LogP contribution in [0.3, 0.4) is 0 Å². The second-order valence-electron chi connectivity index (χ2n) is 9.07. The third kappa shape index (κ3) is 5.24. The van der Waals surface area contributed by atoms with E-state index in [1.807, 2.05) is 0 Å². The molecule has 1 aliphatic heterocycles. The van der Waals surface area contributed by atoms with Crippen molar-refractivity contribution in [2.24, 2.45) is 0 Å². The number of benzene rings is 1. The molecule has 5 rings (SSSR count). The zero-order valence-electron chi connectivity index (χ0n) is 22.3. The number of hydrogen-bond acceptors (Lipinski definition) is 12. The van der Waals surface area contributed by atoms with E-state index in [0.29, 0.717) is 34.6 Å². The molecule has 4 aromatic rings. The lowest BCUT2D eigenvalue weighted by atomic mass is 10.1. The highest BCUT2D eigenvalue weighted by Crippen LogP contribution is 2.38. The van der Waals surface area contributed by atoms with E-state index in [-0.39, 0.29) is 37.2 Å². The Bertz CT molecular complexity index is 1580. The summed E-state index contributed by atoms with van der Waals surface area (Å²) in [4.78, 5) is 10.1. The van der Waals surface area contributed by atoms with E-state index in [4.69, 9.17) is 18.6 Å². The third-order valence-corrected chi connectivity index (χ3v) is 8.11. The standard InChI is InChI=1S/C25H29N7O7S/c1-15-8-9-20(39-15)23-28-29-25(32(23)22-18(36-2)6-5-7-19(22)37-3)30-40(34,35)17-12-16(33)13-31(14-17)24-26-11-10-21(27-24)38-4/h5-11,16-17,33H,12-14H2,1-4H3,(H,29,30). The van der Waals surface area contributed by atoms with Crippen LogP contribution in [0.25, 0.3) is 17.3 Å². The Morgan fingerprint density at radius 3 is 2.42 bits per heavy atom. The molecule has 1 fully saturated rings. The minimum atomic E-state index is -4.13. The van der Waals surface area contributed by atoms with Crippen LogP contribution in [0.15, 0.2) is 47.0 Å². The average Bonchev–Trinajstić information content (AvgIpc) is 3.57. The Hall–Kier alpha value is -4.37. The SMILES string of the molecule is COc1ccnc(N2CC(O)CC(S(=O)(=O)Nc3nnc(-c4ccc(C)o4)n3-c3c(OC)cccc3OC)C2)n1. The number of aliphatic hydroxyl groups is 1. The van der Waals surface area contributed by atoms with Crippen LogP contribution in [-0.4, -0.2) is 84.0 Å². The topological polar surface area (TPSA) is 167 Å². The van der Waals surface area contributed by atoms with Crippen molar-refractivity contribution in [3.8, 4) is 34.7 Å². The van der Waals surface area contributed by atoms with E-state index in [2.05, 4.69) is 24.9 Å². The molecule has 212 valence electrons. The smallest absolute Gasteiger partial charge is 0.243 e. The number of β-amino-alcohol motifs (C(OH)–C–C–N with tert-alkyl or cyclic N) is 1. The first-order valence-corrected chi connectivity index (χ1v) is 13.8. The largest absolute Gasteiger partial charge is 0.494 e. The Kier molecular flexibility index (Phi) is 7.49. The molecule has 15 heteroatoms. The molecule has 0 radical (unpaired) electrons. The summed E-state index contributed by atoms with van der Waals surface area (Å²) >= 11 is 0. The van der Waals surface area contributed by atoms with Gasteiger partial charge in [0.2, 0.25) is 33.6 Å². The van der Waals surface area contributed by atoms with Crippen LogP contribution in [-0.2, 0) is 10.0 Å². The first-order valence-electron chi connectivity index (χ1n) is 12.3. The molecule has 3 aromatic heterocycles. The molecule has 2 atom stereocenters. The van der Waals surface area contributed by atoms with E-state index in [1.165, 1.54) is 32.1 Å². The molecule has 0 bridgehead atoms. The summed E-state index contributed by atoms with van der Waals surface area (Å²) in [5.74, 6) is 2.45. The Morgan fingerprint density at radius 2 is 1.77 bits per heavy atom. The van der Waals surface area contributed by atoms with Crippen LogP contribution in [0.1, 0.15) is 12.2 Å². The van der Waals surface area contributed by atoms with Gasteiger partial charge in [-0.2, -0.15) is 4.98 Å². The summed E-state index contributed by atoms with van der Waals surface area (Å²) in [6.07, 6.45) is 0.552. The van der Waals surface area contributed by atoms with Gasteiger partial charge in [0.15, 0.2) is 5.76 Å². The molecule has 14 nitrogen and oxygen atoms in total. The molecular weight excluding hydrogens is 542 g/mol. The number of para-hydroxylation sites is 1. The lowest BCUT2D eigenvalue weighted by Gasteiger charge is -2.35. The number of piperidine rings is 1.